The molecule has 20 heavy (non-hydrogen) atoms. The van der Waals surface area contributed by atoms with Crippen LogP contribution < -0.4 is 10.5 Å². The number of ether oxygens (including phenoxy) is 2. The topological polar surface area (TPSA) is 74.4 Å². The molecule has 1 aromatic heterocycles. The van der Waals surface area contributed by atoms with Gasteiger partial charge in [-0.1, -0.05) is 6.07 Å². The third kappa shape index (κ3) is 2.88. The fourth-order valence-electron chi connectivity index (χ4n) is 1.79. The van der Waals surface area contributed by atoms with E-state index in [4.69, 9.17) is 10.5 Å². The summed E-state index contributed by atoms with van der Waals surface area (Å²) in [6.45, 7) is 3.67. The highest BCUT2D eigenvalue weighted by atomic mass is 16.5. The van der Waals surface area contributed by atoms with Gasteiger partial charge < -0.3 is 15.2 Å². The summed E-state index contributed by atoms with van der Waals surface area (Å²) in [6, 6.07) is 8.74. The fourth-order valence-corrected chi connectivity index (χ4v) is 1.79. The predicted octanol–water partition coefficient (Wildman–Crippen LogP) is 2.86. The number of carbonyl (C=O) groups is 1. The van der Waals surface area contributed by atoms with Crippen molar-refractivity contribution in [2.45, 2.75) is 13.8 Å². The number of hydrogen-bond donors (Lipinski definition) is 1. The lowest BCUT2D eigenvalue weighted by Crippen LogP contribution is -2.05. The summed E-state index contributed by atoms with van der Waals surface area (Å²) < 4.78 is 10.3. The molecule has 2 rings (SSSR count). The normalized spacial score (nSPS) is 10.2. The predicted molar refractivity (Wildman–Crippen MR) is 76.0 cm³/mol. The summed E-state index contributed by atoms with van der Waals surface area (Å²) >= 11 is 0. The second-order valence-corrected chi connectivity index (χ2v) is 4.42. The van der Waals surface area contributed by atoms with E-state index in [-0.39, 0.29) is 0 Å². The zero-order valence-electron chi connectivity index (χ0n) is 11.6. The van der Waals surface area contributed by atoms with E-state index < -0.39 is 5.97 Å². The van der Waals surface area contributed by atoms with Crippen LogP contribution in [0.3, 0.4) is 0 Å². The molecule has 1 heterocycles. The van der Waals surface area contributed by atoms with Gasteiger partial charge in [-0.2, -0.15) is 0 Å². The van der Waals surface area contributed by atoms with E-state index in [1.165, 1.54) is 7.11 Å². The van der Waals surface area contributed by atoms with Crippen LogP contribution >= 0.6 is 0 Å². The molecule has 0 saturated heterocycles. The van der Waals surface area contributed by atoms with Crippen LogP contribution in [-0.4, -0.2) is 18.1 Å². The largest absolute Gasteiger partial charge is 0.465 e. The summed E-state index contributed by atoms with van der Waals surface area (Å²) in [7, 11) is 1.33. The lowest BCUT2D eigenvalue weighted by Gasteiger charge is -2.10. The van der Waals surface area contributed by atoms with Crippen molar-refractivity contribution in [2.75, 3.05) is 12.8 Å². The number of nitrogen functional groups attached to an aromatic ring is 1. The third-order valence-corrected chi connectivity index (χ3v) is 2.85. The molecule has 1 aromatic carbocycles. The van der Waals surface area contributed by atoms with Crippen LogP contribution in [0.1, 0.15) is 21.6 Å². The summed E-state index contributed by atoms with van der Waals surface area (Å²) in [5, 5.41) is 0. The zero-order chi connectivity index (χ0) is 14.7. The van der Waals surface area contributed by atoms with E-state index in [2.05, 4.69) is 9.72 Å². The monoisotopic (exact) mass is 272 g/mol. The van der Waals surface area contributed by atoms with Gasteiger partial charge in [0.2, 0.25) is 5.88 Å². The number of benzene rings is 1. The Labute approximate surface area is 117 Å². The lowest BCUT2D eigenvalue weighted by atomic mass is 10.2. The van der Waals surface area contributed by atoms with Crippen LogP contribution in [0.2, 0.25) is 0 Å². The molecule has 2 N–H and O–H groups in total. The third-order valence-electron chi connectivity index (χ3n) is 2.85. The van der Waals surface area contributed by atoms with Crippen molar-refractivity contribution in [3.63, 3.8) is 0 Å². The van der Waals surface area contributed by atoms with Gasteiger partial charge in [0.25, 0.3) is 0 Å². The number of nitrogens with two attached hydrogens (primary N) is 1. The highest BCUT2D eigenvalue weighted by Gasteiger charge is 2.12. The first-order valence-corrected chi connectivity index (χ1v) is 6.11. The van der Waals surface area contributed by atoms with Crippen molar-refractivity contribution in [1.29, 1.82) is 0 Å². The average Bonchev–Trinajstić information content (AvgIpc) is 2.41. The molecule has 0 bridgehead atoms. The van der Waals surface area contributed by atoms with Crippen molar-refractivity contribution < 1.29 is 14.3 Å². The maximum atomic E-state index is 11.5. The molecule has 0 radical (unpaired) electrons. The number of anilines is 1. The number of carbonyl (C=O) groups excluding carboxylic acids is 1. The van der Waals surface area contributed by atoms with Crippen molar-refractivity contribution in [3.8, 4) is 11.6 Å². The van der Waals surface area contributed by atoms with Crippen LogP contribution in [0.5, 0.6) is 11.6 Å². The smallest absolute Gasteiger partial charge is 0.339 e. The molecule has 0 spiro atoms. The van der Waals surface area contributed by atoms with Crippen LogP contribution in [0.15, 0.2) is 30.3 Å². The highest BCUT2D eigenvalue weighted by molar-refractivity contribution is 5.90. The molecule has 104 valence electrons. The van der Waals surface area contributed by atoms with Gasteiger partial charge in [0.05, 0.1) is 24.1 Å². The Kier molecular flexibility index (Phi) is 3.89. The second-order valence-electron chi connectivity index (χ2n) is 4.42. The van der Waals surface area contributed by atoms with Gasteiger partial charge in [-0.25, -0.2) is 9.78 Å². The minimum atomic E-state index is -0.420. The van der Waals surface area contributed by atoms with Gasteiger partial charge >= 0.3 is 5.97 Å². The Balaban J connectivity index is 2.26. The van der Waals surface area contributed by atoms with Crippen LogP contribution in [0, 0.1) is 13.8 Å². The molecule has 2 aromatic rings. The molecule has 0 amide bonds. The van der Waals surface area contributed by atoms with E-state index in [0.717, 1.165) is 5.56 Å². The summed E-state index contributed by atoms with van der Waals surface area (Å²) in [5.41, 5.74) is 8.43. The standard InChI is InChI=1S/C15H16N2O3/c1-9-4-6-13(12(16)8-9)20-14-7-5-11(10(2)17-14)15(18)19-3/h4-8H,16H2,1-3H3. The van der Waals surface area contributed by atoms with Crippen molar-refractivity contribution in [2.24, 2.45) is 0 Å². The average molecular weight is 272 g/mol. The zero-order valence-corrected chi connectivity index (χ0v) is 11.6. The molecule has 0 atom stereocenters. The van der Waals surface area contributed by atoms with Crippen molar-refractivity contribution in [3.05, 3.63) is 47.2 Å². The summed E-state index contributed by atoms with van der Waals surface area (Å²) in [6.07, 6.45) is 0. The number of rotatable bonds is 3. The van der Waals surface area contributed by atoms with E-state index in [1.54, 1.807) is 25.1 Å². The Hall–Kier alpha value is -2.56. The van der Waals surface area contributed by atoms with Gasteiger partial charge in [0, 0.05) is 6.07 Å². The Morgan fingerprint density at radius 3 is 2.55 bits per heavy atom. The highest BCUT2D eigenvalue weighted by Crippen LogP contribution is 2.27. The first-order chi connectivity index (χ1) is 9.51. The van der Waals surface area contributed by atoms with Gasteiger partial charge in [-0.05, 0) is 37.6 Å². The van der Waals surface area contributed by atoms with E-state index in [9.17, 15) is 4.79 Å². The number of esters is 1. The van der Waals surface area contributed by atoms with Crippen LogP contribution in [0.25, 0.3) is 0 Å². The molecular formula is C15H16N2O3. The minimum Gasteiger partial charge on any atom is -0.465 e. The van der Waals surface area contributed by atoms with Gasteiger partial charge in [-0.15, -0.1) is 0 Å². The van der Waals surface area contributed by atoms with Gasteiger partial charge in [-0.3, -0.25) is 0 Å². The maximum Gasteiger partial charge on any atom is 0.339 e. The number of methoxy groups -OCH3 is 1. The van der Waals surface area contributed by atoms with E-state index in [1.807, 2.05) is 19.1 Å². The Morgan fingerprint density at radius 2 is 1.95 bits per heavy atom. The lowest BCUT2D eigenvalue weighted by molar-refractivity contribution is 0.0599. The molecule has 0 saturated carbocycles. The number of pyridine rings is 1. The van der Waals surface area contributed by atoms with Crippen LogP contribution in [-0.2, 0) is 4.74 Å². The van der Waals surface area contributed by atoms with Gasteiger partial charge in [0.15, 0.2) is 5.75 Å². The number of nitrogens with zero attached hydrogens (tertiary/aromatic N) is 1. The molecule has 0 aliphatic carbocycles. The quantitative estimate of drug-likeness (QED) is 0.687. The first kappa shape index (κ1) is 13.9. The number of hydrogen-bond acceptors (Lipinski definition) is 5. The SMILES string of the molecule is COC(=O)c1ccc(Oc2ccc(C)cc2N)nc1C. The van der Waals surface area contributed by atoms with Crippen LogP contribution in [0.4, 0.5) is 5.69 Å². The molecule has 0 fully saturated rings. The minimum absolute atomic E-state index is 0.380. The van der Waals surface area contributed by atoms with Crippen molar-refractivity contribution in [1.82, 2.24) is 4.98 Å². The molecular weight excluding hydrogens is 256 g/mol. The van der Waals surface area contributed by atoms with E-state index in [0.29, 0.717) is 28.6 Å². The number of aryl methyl sites for hydroxylation is 2. The molecule has 0 aliphatic heterocycles. The van der Waals surface area contributed by atoms with Crippen molar-refractivity contribution >= 4 is 11.7 Å². The van der Waals surface area contributed by atoms with E-state index >= 15 is 0 Å². The molecule has 5 nitrogen and oxygen atoms in total. The molecule has 0 aliphatic rings. The number of aromatic nitrogens is 1. The maximum absolute atomic E-state index is 11.5. The first-order valence-electron chi connectivity index (χ1n) is 6.11. The Bertz CT molecular complexity index is 654. The Morgan fingerprint density at radius 1 is 1.20 bits per heavy atom. The second kappa shape index (κ2) is 5.61. The molecule has 0 unspecified atom stereocenters. The summed E-state index contributed by atoms with van der Waals surface area (Å²) in [4.78, 5) is 15.7. The summed E-state index contributed by atoms with van der Waals surface area (Å²) in [5.74, 6) is 0.496. The molecule has 5 heteroatoms. The van der Waals surface area contributed by atoms with Gasteiger partial charge in [0.1, 0.15) is 0 Å². The fraction of sp³-hybridized carbons (Fsp3) is 0.200.